The van der Waals surface area contributed by atoms with Crippen molar-refractivity contribution in [2.24, 2.45) is 7.05 Å². The van der Waals surface area contributed by atoms with Crippen LogP contribution in [0.25, 0.3) is 10.8 Å². The minimum absolute atomic E-state index is 0.0218. The molecule has 1 atom stereocenters. The number of nitrogens with zero attached hydrogens (tertiary/aromatic N) is 7. The largest absolute Gasteiger partial charge is 0.497 e. The van der Waals surface area contributed by atoms with Crippen LogP contribution in [0.1, 0.15) is 22.6 Å². The molecule has 0 aliphatic carbocycles. The van der Waals surface area contributed by atoms with Crippen LogP contribution in [0.5, 0.6) is 11.8 Å². The lowest BCUT2D eigenvalue weighted by molar-refractivity contribution is 0.102. The number of aromatic nitrogens is 4. The van der Waals surface area contributed by atoms with Crippen molar-refractivity contribution in [2.45, 2.75) is 19.1 Å². The van der Waals surface area contributed by atoms with Gasteiger partial charge in [0.25, 0.3) is 5.91 Å². The van der Waals surface area contributed by atoms with Crippen LogP contribution in [-0.4, -0.2) is 74.5 Å². The lowest BCUT2D eigenvalue weighted by atomic mass is 10.1. The number of fused-ring (bicyclic) bond motifs is 1. The van der Waals surface area contributed by atoms with Gasteiger partial charge in [0.15, 0.2) is 0 Å². The highest BCUT2D eigenvalue weighted by Gasteiger charge is 2.31. The van der Waals surface area contributed by atoms with Crippen molar-refractivity contribution >= 4 is 34.3 Å². The molecule has 2 amide bonds. The number of benzene rings is 2. The van der Waals surface area contributed by atoms with Gasteiger partial charge in [-0.25, -0.2) is 4.79 Å². The summed E-state index contributed by atoms with van der Waals surface area (Å²) in [6.45, 7) is 0.827. The molecule has 41 heavy (non-hydrogen) atoms. The van der Waals surface area contributed by atoms with E-state index in [1.807, 2.05) is 35.2 Å². The van der Waals surface area contributed by atoms with Crippen LogP contribution in [-0.2, 0) is 13.7 Å². The van der Waals surface area contributed by atoms with Crippen LogP contribution in [0.2, 0.25) is 0 Å². The van der Waals surface area contributed by atoms with E-state index >= 15 is 0 Å². The van der Waals surface area contributed by atoms with E-state index in [9.17, 15) is 20.0 Å². The molecular weight excluding hydrogens is 528 g/mol. The Labute approximate surface area is 235 Å². The molecule has 13 nitrogen and oxygen atoms in total. The van der Waals surface area contributed by atoms with Crippen molar-refractivity contribution in [3.8, 4) is 17.8 Å². The highest BCUT2D eigenvalue weighted by molar-refractivity contribution is 6.09. The maximum Gasteiger partial charge on any atom is 0.407 e. The molecule has 0 unspecified atom stereocenters. The van der Waals surface area contributed by atoms with E-state index in [0.717, 1.165) is 16.5 Å². The number of hydrogen-bond donors (Lipinski definition) is 2. The van der Waals surface area contributed by atoms with E-state index in [4.69, 9.17) is 9.47 Å². The van der Waals surface area contributed by atoms with Gasteiger partial charge in [0, 0.05) is 50.4 Å². The SMILES string of the molecule is COc1cc(NC(=O)c2cc(N3CCN(C(=O)O)[C@@H](CC#N)C3)nc(OCc3ccnn3C)n2)c2ccccc2c1. The predicted molar refractivity (Wildman–Crippen MR) is 149 cm³/mol. The number of hydrogen-bond acceptors (Lipinski definition) is 9. The van der Waals surface area contributed by atoms with Crippen molar-refractivity contribution in [1.29, 1.82) is 5.26 Å². The first-order chi connectivity index (χ1) is 19.9. The van der Waals surface area contributed by atoms with Gasteiger partial charge in [0.1, 0.15) is 23.9 Å². The lowest BCUT2D eigenvalue weighted by Crippen LogP contribution is -2.55. The molecule has 0 bridgehead atoms. The summed E-state index contributed by atoms with van der Waals surface area (Å²) in [7, 11) is 3.34. The van der Waals surface area contributed by atoms with E-state index in [1.54, 1.807) is 37.2 Å². The molecule has 5 rings (SSSR count). The van der Waals surface area contributed by atoms with Crippen LogP contribution < -0.4 is 19.7 Å². The van der Waals surface area contributed by atoms with Crippen LogP contribution in [0.15, 0.2) is 54.7 Å². The third kappa shape index (κ3) is 5.96. The zero-order chi connectivity index (χ0) is 28.9. The molecule has 3 heterocycles. The maximum atomic E-state index is 13.6. The first-order valence-electron chi connectivity index (χ1n) is 12.8. The third-order valence-corrected chi connectivity index (χ3v) is 6.89. The molecule has 1 fully saturated rings. The number of carbonyl (C=O) groups is 2. The second-order valence-corrected chi connectivity index (χ2v) is 9.42. The van der Waals surface area contributed by atoms with E-state index in [1.165, 1.54) is 11.0 Å². The summed E-state index contributed by atoms with van der Waals surface area (Å²) in [5, 5.41) is 27.6. The minimum Gasteiger partial charge on any atom is -0.497 e. The summed E-state index contributed by atoms with van der Waals surface area (Å²) in [5.74, 6) is 0.478. The number of nitriles is 1. The van der Waals surface area contributed by atoms with Gasteiger partial charge >= 0.3 is 12.1 Å². The Kier molecular flexibility index (Phi) is 7.82. The van der Waals surface area contributed by atoms with E-state index in [0.29, 0.717) is 23.8 Å². The van der Waals surface area contributed by atoms with Crippen LogP contribution >= 0.6 is 0 Å². The molecule has 1 aliphatic rings. The first kappa shape index (κ1) is 27.2. The smallest absolute Gasteiger partial charge is 0.407 e. The average Bonchev–Trinajstić information content (AvgIpc) is 3.40. The summed E-state index contributed by atoms with van der Waals surface area (Å²) in [5.41, 5.74) is 1.38. The summed E-state index contributed by atoms with van der Waals surface area (Å²) < 4.78 is 13.0. The number of carbonyl (C=O) groups excluding carboxylic acids is 1. The minimum atomic E-state index is -1.08. The zero-order valence-electron chi connectivity index (χ0n) is 22.5. The van der Waals surface area contributed by atoms with Gasteiger partial charge < -0.3 is 29.7 Å². The molecular formula is C28H28N8O5. The van der Waals surface area contributed by atoms with Crippen molar-refractivity contribution in [1.82, 2.24) is 24.6 Å². The number of piperazine rings is 1. The summed E-state index contributed by atoms with van der Waals surface area (Å²) >= 11 is 0. The van der Waals surface area contributed by atoms with Gasteiger partial charge in [-0.15, -0.1) is 0 Å². The second-order valence-electron chi connectivity index (χ2n) is 9.42. The molecule has 4 aromatic rings. The summed E-state index contributed by atoms with van der Waals surface area (Å²) in [4.78, 5) is 37.3. The predicted octanol–water partition coefficient (Wildman–Crippen LogP) is 3.29. The number of anilines is 2. The lowest BCUT2D eigenvalue weighted by Gasteiger charge is -2.39. The average molecular weight is 557 g/mol. The molecule has 2 aromatic heterocycles. The fraction of sp³-hybridized carbons (Fsp3) is 0.286. The van der Waals surface area contributed by atoms with Gasteiger partial charge in [-0.1, -0.05) is 24.3 Å². The summed E-state index contributed by atoms with van der Waals surface area (Å²) in [6.07, 6.45) is 0.580. The van der Waals surface area contributed by atoms with Crippen molar-refractivity contribution in [3.05, 3.63) is 66.1 Å². The Morgan fingerprint density at radius 1 is 1.17 bits per heavy atom. The Morgan fingerprint density at radius 2 is 2.00 bits per heavy atom. The molecule has 0 spiro atoms. The monoisotopic (exact) mass is 556 g/mol. The van der Waals surface area contributed by atoms with Crippen molar-refractivity contribution < 1.29 is 24.2 Å². The van der Waals surface area contributed by atoms with Crippen LogP contribution in [0, 0.1) is 11.3 Å². The molecule has 13 heteroatoms. The number of rotatable bonds is 8. The topological polar surface area (TPSA) is 159 Å². The molecule has 0 radical (unpaired) electrons. The Balaban J connectivity index is 1.47. The fourth-order valence-corrected chi connectivity index (χ4v) is 4.72. The second kappa shape index (κ2) is 11.8. The first-order valence-corrected chi connectivity index (χ1v) is 12.8. The Hall–Kier alpha value is -5.38. The van der Waals surface area contributed by atoms with Gasteiger partial charge in [0.2, 0.25) is 0 Å². The number of carboxylic acid groups (broad SMARTS) is 1. The van der Waals surface area contributed by atoms with Crippen LogP contribution in [0.3, 0.4) is 0 Å². The normalized spacial score (nSPS) is 14.9. The molecule has 2 N–H and O–H groups in total. The van der Waals surface area contributed by atoms with Gasteiger partial charge in [-0.2, -0.15) is 20.3 Å². The zero-order valence-corrected chi connectivity index (χ0v) is 22.5. The Bertz CT molecular complexity index is 1630. The molecule has 1 aliphatic heterocycles. The van der Waals surface area contributed by atoms with Crippen molar-refractivity contribution in [2.75, 3.05) is 37.0 Å². The molecule has 210 valence electrons. The van der Waals surface area contributed by atoms with Crippen molar-refractivity contribution in [3.63, 3.8) is 0 Å². The number of ether oxygens (including phenoxy) is 2. The number of nitrogens with one attached hydrogen (secondary N) is 1. The van der Waals surface area contributed by atoms with E-state index in [2.05, 4.69) is 26.5 Å². The third-order valence-electron chi connectivity index (χ3n) is 6.89. The Morgan fingerprint density at radius 3 is 2.73 bits per heavy atom. The highest BCUT2D eigenvalue weighted by atomic mass is 16.5. The quantitative estimate of drug-likeness (QED) is 0.330. The standard InChI is InChI=1S/C28H28N8O5/c1-34-20(8-10-30-34)17-41-27-32-24(15-25(33-27)35-11-12-36(28(38)39)19(16-35)7-9-29)26(37)31-23-14-21(40-2)13-18-5-3-4-6-22(18)23/h3-6,8,10,13-15,19H,7,11-12,16-17H2,1-2H3,(H,31,37)(H,38,39)/t19-/m0/s1. The fourth-order valence-electron chi connectivity index (χ4n) is 4.72. The molecule has 2 aromatic carbocycles. The van der Waals surface area contributed by atoms with Gasteiger partial charge in [-0.05, 0) is 17.5 Å². The highest BCUT2D eigenvalue weighted by Crippen LogP contribution is 2.30. The number of amides is 2. The van der Waals surface area contributed by atoms with Gasteiger partial charge in [-0.3, -0.25) is 9.48 Å². The number of methoxy groups -OCH3 is 1. The van der Waals surface area contributed by atoms with Gasteiger partial charge in [0.05, 0.1) is 37.0 Å². The summed E-state index contributed by atoms with van der Waals surface area (Å²) in [6, 6.07) is 16.0. The molecule has 0 saturated carbocycles. The molecule has 1 saturated heterocycles. The number of aryl methyl sites for hydroxylation is 1. The maximum absolute atomic E-state index is 13.6. The van der Waals surface area contributed by atoms with E-state index < -0.39 is 18.0 Å². The van der Waals surface area contributed by atoms with E-state index in [-0.39, 0.29) is 37.8 Å². The van der Waals surface area contributed by atoms with Crippen LogP contribution in [0.4, 0.5) is 16.3 Å².